The number of rotatable bonds is 2. The summed E-state index contributed by atoms with van der Waals surface area (Å²) in [6, 6.07) is 10.6. The van der Waals surface area contributed by atoms with Crippen molar-refractivity contribution < 1.29 is 4.58 Å². The van der Waals surface area contributed by atoms with E-state index < -0.39 is 0 Å². The third kappa shape index (κ3) is 3.57. The average molecular weight is 376 g/mol. The Labute approximate surface area is 162 Å². The Hall–Kier alpha value is -2.43. The van der Waals surface area contributed by atoms with Gasteiger partial charge in [-0.15, -0.1) is 11.3 Å². The van der Waals surface area contributed by atoms with Crippen LogP contribution in [0.15, 0.2) is 89.5 Å². The van der Waals surface area contributed by atoms with Crippen molar-refractivity contribution in [2.24, 2.45) is 0 Å². The van der Waals surface area contributed by atoms with E-state index in [1.165, 1.54) is 32.2 Å². The molecule has 2 heterocycles. The second-order valence-electron chi connectivity index (χ2n) is 6.22. The molecule has 0 radical (unpaired) electrons. The first-order chi connectivity index (χ1) is 12.7. The zero-order valence-electron chi connectivity index (χ0n) is 14.7. The van der Waals surface area contributed by atoms with Crippen molar-refractivity contribution in [3.8, 4) is 0 Å². The summed E-state index contributed by atoms with van der Waals surface area (Å²) in [5, 5.41) is 3.10. The van der Waals surface area contributed by atoms with Gasteiger partial charge in [0.25, 0.3) is 0 Å². The summed E-state index contributed by atoms with van der Waals surface area (Å²) in [5.41, 5.74) is 4.88. The molecule has 0 atom stereocenters. The number of hydrogen-bond acceptors (Lipinski definition) is 3. The van der Waals surface area contributed by atoms with Crippen molar-refractivity contribution in [2.75, 3.05) is 14.1 Å². The molecule has 1 aliphatic heterocycles. The molecule has 1 aromatic carbocycles. The second-order valence-corrected chi connectivity index (χ2v) is 8.20. The van der Waals surface area contributed by atoms with Crippen LogP contribution in [0.3, 0.4) is 0 Å². The molecule has 0 unspecified atom stereocenters. The van der Waals surface area contributed by atoms with Crippen molar-refractivity contribution >= 4 is 38.6 Å². The fraction of sp³-hybridized carbons (Fsp3) is 0.0909. The van der Waals surface area contributed by atoms with E-state index in [2.05, 4.69) is 90.4 Å². The molecule has 0 bridgehead atoms. The fourth-order valence-electron chi connectivity index (χ4n) is 2.82. The number of benzene rings is 1. The van der Waals surface area contributed by atoms with Crippen molar-refractivity contribution in [3.05, 3.63) is 100 Å². The molecular formula is C22H19N2S2+. The molecule has 0 fully saturated rings. The van der Waals surface area contributed by atoms with Gasteiger partial charge >= 0.3 is 0 Å². The minimum atomic E-state index is 1.07. The van der Waals surface area contributed by atoms with Gasteiger partial charge in [-0.25, -0.2) is 9.56 Å². The first kappa shape index (κ1) is 17.0. The quantitative estimate of drug-likeness (QED) is 0.653. The third-order valence-corrected chi connectivity index (χ3v) is 6.25. The Kier molecular flexibility index (Phi) is 4.87. The lowest BCUT2D eigenvalue weighted by Crippen LogP contribution is -2.10. The van der Waals surface area contributed by atoms with Crippen LogP contribution in [0.2, 0.25) is 0 Å². The van der Waals surface area contributed by atoms with E-state index in [9.17, 15) is 0 Å². The highest BCUT2D eigenvalue weighted by Crippen LogP contribution is 2.45. The molecule has 0 saturated carbocycles. The maximum atomic E-state index is 4.52. The van der Waals surface area contributed by atoms with Gasteiger partial charge in [0.15, 0.2) is 5.71 Å². The first-order valence-electron chi connectivity index (χ1n) is 8.42. The van der Waals surface area contributed by atoms with Crippen LogP contribution in [0.4, 0.5) is 0 Å². The zero-order chi connectivity index (χ0) is 17.9. The Morgan fingerprint density at radius 1 is 0.846 bits per heavy atom. The predicted octanol–water partition coefficient (Wildman–Crippen LogP) is 5.41. The van der Waals surface area contributed by atoms with Crippen molar-refractivity contribution in [1.82, 2.24) is 4.98 Å². The van der Waals surface area contributed by atoms with Gasteiger partial charge in [-0.3, -0.25) is 0 Å². The zero-order valence-corrected chi connectivity index (χ0v) is 16.3. The lowest BCUT2D eigenvalue weighted by Gasteiger charge is -2.17. The molecular weight excluding hydrogens is 356 g/mol. The van der Waals surface area contributed by atoms with E-state index >= 15 is 0 Å². The lowest BCUT2D eigenvalue weighted by atomic mass is 10.00. The number of hydrogen-bond donors (Lipinski definition) is 0. The number of nitrogens with zero attached hydrogens (tertiary/aromatic N) is 2. The SMILES string of the molecule is C[N+](C)=C1C=CC(=C2C=C(c3ccccc3)SC(c3nccs3)=C2)C=C1. The van der Waals surface area contributed by atoms with Crippen molar-refractivity contribution in [1.29, 1.82) is 0 Å². The molecule has 1 aromatic heterocycles. The molecule has 128 valence electrons. The van der Waals surface area contributed by atoms with Gasteiger partial charge in [0.1, 0.15) is 19.1 Å². The minimum Gasteiger partial charge on any atom is -0.244 e. The maximum absolute atomic E-state index is 4.52. The van der Waals surface area contributed by atoms with Crippen molar-refractivity contribution in [2.45, 2.75) is 0 Å². The van der Waals surface area contributed by atoms with Crippen LogP contribution < -0.4 is 0 Å². The number of thiazole rings is 1. The molecule has 0 spiro atoms. The van der Waals surface area contributed by atoms with Gasteiger partial charge in [0.2, 0.25) is 0 Å². The summed E-state index contributed by atoms with van der Waals surface area (Å²) in [6.45, 7) is 0. The van der Waals surface area contributed by atoms with Crippen LogP contribution >= 0.6 is 23.1 Å². The molecule has 4 heteroatoms. The van der Waals surface area contributed by atoms with E-state index in [-0.39, 0.29) is 0 Å². The van der Waals surface area contributed by atoms with E-state index in [4.69, 9.17) is 0 Å². The van der Waals surface area contributed by atoms with Gasteiger partial charge in [0, 0.05) is 33.5 Å². The standard InChI is InChI=1S/C22H19N2S2/c1-24(2)19-10-8-16(9-11-19)18-14-20(17-6-4-3-5-7-17)26-21(15-18)22-23-12-13-25-22/h3-15H,1-2H3/q+1. The molecule has 26 heavy (non-hydrogen) atoms. The van der Waals surface area contributed by atoms with E-state index in [0.29, 0.717) is 0 Å². The Bertz CT molecular complexity index is 980. The minimum absolute atomic E-state index is 1.07. The topological polar surface area (TPSA) is 15.9 Å². The molecule has 0 N–H and O–H groups in total. The normalized spacial score (nSPS) is 16.6. The highest BCUT2D eigenvalue weighted by Gasteiger charge is 2.18. The van der Waals surface area contributed by atoms with Crippen LogP contribution in [-0.4, -0.2) is 29.4 Å². The largest absolute Gasteiger partial charge is 0.244 e. The molecule has 2 nitrogen and oxygen atoms in total. The number of allylic oxidation sites excluding steroid dienone is 8. The number of aromatic nitrogens is 1. The molecule has 2 aliphatic rings. The molecule has 1 aliphatic carbocycles. The van der Waals surface area contributed by atoms with Crippen LogP contribution in [0.1, 0.15) is 10.6 Å². The summed E-state index contributed by atoms with van der Waals surface area (Å²) < 4.78 is 2.12. The maximum Gasteiger partial charge on any atom is 0.199 e. The van der Waals surface area contributed by atoms with Gasteiger partial charge < -0.3 is 0 Å². The summed E-state index contributed by atoms with van der Waals surface area (Å²) >= 11 is 3.47. The van der Waals surface area contributed by atoms with Gasteiger partial charge in [-0.2, -0.15) is 0 Å². The average Bonchev–Trinajstić information content (AvgIpc) is 3.23. The molecule has 0 amide bonds. The molecule has 2 aromatic rings. The van der Waals surface area contributed by atoms with Crippen LogP contribution in [-0.2, 0) is 0 Å². The summed E-state index contributed by atoms with van der Waals surface area (Å²) in [7, 11) is 4.13. The van der Waals surface area contributed by atoms with Gasteiger partial charge in [-0.05, 0) is 41.0 Å². The summed E-state index contributed by atoms with van der Waals surface area (Å²) in [4.78, 5) is 6.97. The Balaban J connectivity index is 1.80. The van der Waals surface area contributed by atoms with Crippen LogP contribution in [0, 0.1) is 0 Å². The second kappa shape index (κ2) is 7.44. The third-order valence-electron chi connectivity index (χ3n) is 4.21. The first-order valence-corrected chi connectivity index (χ1v) is 10.1. The highest BCUT2D eigenvalue weighted by atomic mass is 32.2. The van der Waals surface area contributed by atoms with Crippen LogP contribution in [0.25, 0.3) is 9.81 Å². The van der Waals surface area contributed by atoms with Crippen molar-refractivity contribution in [3.63, 3.8) is 0 Å². The predicted molar refractivity (Wildman–Crippen MR) is 115 cm³/mol. The molecule has 4 rings (SSSR count). The smallest absolute Gasteiger partial charge is 0.199 e. The Morgan fingerprint density at radius 3 is 2.23 bits per heavy atom. The van der Waals surface area contributed by atoms with E-state index in [1.54, 1.807) is 23.1 Å². The van der Waals surface area contributed by atoms with Crippen LogP contribution in [0.5, 0.6) is 0 Å². The fourth-order valence-corrected chi connectivity index (χ4v) is 4.63. The summed E-state index contributed by atoms with van der Waals surface area (Å²) in [6.07, 6.45) is 15.1. The monoisotopic (exact) mass is 375 g/mol. The van der Waals surface area contributed by atoms with Gasteiger partial charge in [-0.1, -0.05) is 42.1 Å². The molecule has 0 saturated heterocycles. The highest BCUT2D eigenvalue weighted by molar-refractivity contribution is 8.16. The lowest BCUT2D eigenvalue weighted by molar-refractivity contribution is -0.462. The van der Waals surface area contributed by atoms with E-state index in [1.807, 2.05) is 11.6 Å². The Morgan fingerprint density at radius 2 is 1.58 bits per heavy atom. The van der Waals surface area contributed by atoms with E-state index in [0.717, 1.165) is 5.01 Å². The number of thioether (sulfide) groups is 1. The van der Waals surface area contributed by atoms with Gasteiger partial charge in [0.05, 0.1) is 0 Å². The summed E-state index contributed by atoms with van der Waals surface area (Å²) in [5.74, 6) is 0.